The fraction of sp³-hybridized carbons (Fsp3) is 0.556. The molecule has 0 spiro atoms. The molecule has 1 N–H and O–H groups in total. The van der Waals surface area contributed by atoms with Gasteiger partial charge in [-0.05, 0) is 13.3 Å². The number of nitrogens with zero attached hydrogens (tertiary/aromatic N) is 1. The molecule has 5 heteroatoms. The molecule has 0 bridgehead atoms. The van der Waals surface area contributed by atoms with E-state index in [2.05, 4.69) is 10.3 Å². The lowest BCUT2D eigenvalue weighted by Crippen LogP contribution is -2.22. The summed E-state index contributed by atoms with van der Waals surface area (Å²) in [7, 11) is 0. The third-order valence-corrected chi connectivity index (χ3v) is 2.76. The van der Waals surface area contributed by atoms with Crippen LogP contribution in [0, 0.1) is 6.92 Å². The number of amides is 1. The molecule has 0 atom stereocenters. The van der Waals surface area contributed by atoms with E-state index in [0.29, 0.717) is 18.8 Å². The van der Waals surface area contributed by atoms with Crippen LogP contribution in [0.5, 0.6) is 0 Å². The van der Waals surface area contributed by atoms with Crippen molar-refractivity contribution in [3.8, 4) is 0 Å². The van der Waals surface area contributed by atoms with Gasteiger partial charge in [0.15, 0.2) is 0 Å². The summed E-state index contributed by atoms with van der Waals surface area (Å²) in [5.41, 5.74) is 0.923. The molecular weight excluding hydrogens is 220 g/mol. The summed E-state index contributed by atoms with van der Waals surface area (Å²) in [5.74, 6) is 0.569. The van der Waals surface area contributed by atoms with Crippen LogP contribution in [-0.2, 0) is 11.3 Å². The Kier molecular flexibility index (Phi) is 4.90. The number of aryl methyl sites for hydroxylation is 1. The first kappa shape index (κ1) is 11.5. The molecule has 0 saturated heterocycles. The molecule has 14 heavy (non-hydrogen) atoms. The van der Waals surface area contributed by atoms with Crippen LogP contribution in [0.15, 0.2) is 5.38 Å². The number of halogens is 1. The van der Waals surface area contributed by atoms with Crippen LogP contribution in [0.1, 0.15) is 23.5 Å². The van der Waals surface area contributed by atoms with Gasteiger partial charge in [-0.3, -0.25) is 4.79 Å². The predicted molar refractivity (Wildman–Crippen MR) is 58.7 cm³/mol. The molecule has 0 fully saturated rings. The van der Waals surface area contributed by atoms with E-state index in [1.807, 2.05) is 12.3 Å². The minimum absolute atomic E-state index is 0.0382. The molecule has 0 aliphatic rings. The van der Waals surface area contributed by atoms with Crippen molar-refractivity contribution in [1.29, 1.82) is 0 Å². The number of carbonyl (C=O) groups is 1. The van der Waals surface area contributed by atoms with Gasteiger partial charge in [-0.1, -0.05) is 0 Å². The number of aromatic nitrogens is 1. The van der Waals surface area contributed by atoms with E-state index in [9.17, 15) is 4.79 Å². The highest BCUT2D eigenvalue weighted by molar-refractivity contribution is 7.09. The number of thiazole rings is 1. The SMILES string of the molecule is Cc1nc(CNC(=O)CCCCl)cs1. The van der Waals surface area contributed by atoms with Gasteiger partial charge in [-0.15, -0.1) is 22.9 Å². The maximum atomic E-state index is 11.2. The summed E-state index contributed by atoms with van der Waals surface area (Å²) in [6.45, 7) is 2.47. The summed E-state index contributed by atoms with van der Waals surface area (Å²) in [4.78, 5) is 15.4. The average Bonchev–Trinajstić information content (AvgIpc) is 2.58. The van der Waals surface area contributed by atoms with Gasteiger partial charge in [0.1, 0.15) is 0 Å². The van der Waals surface area contributed by atoms with Crippen molar-refractivity contribution in [1.82, 2.24) is 10.3 Å². The molecule has 0 aliphatic heterocycles. The Morgan fingerprint density at radius 2 is 2.50 bits per heavy atom. The third-order valence-electron chi connectivity index (χ3n) is 1.67. The Labute approximate surface area is 92.5 Å². The minimum Gasteiger partial charge on any atom is -0.350 e. The molecule has 1 aromatic heterocycles. The molecule has 0 saturated carbocycles. The van der Waals surface area contributed by atoms with Gasteiger partial charge in [0.25, 0.3) is 0 Å². The molecule has 0 aliphatic carbocycles. The first-order chi connectivity index (χ1) is 6.72. The van der Waals surface area contributed by atoms with E-state index in [-0.39, 0.29) is 5.91 Å². The molecule has 0 radical (unpaired) electrons. The fourth-order valence-electron chi connectivity index (χ4n) is 0.994. The second-order valence-electron chi connectivity index (χ2n) is 2.93. The minimum atomic E-state index is 0.0382. The molecule has 1 heterocycles. The zero-order valence-corrected chi connectivity index (χ0v) is 9.62. The first-order valence-corrected chi connectivity index (χ1v) is 5.87. The second-order valence-corrected chi connectivity index (χ2v) is 4.37. The van der Waals surface area contributed by atoms with Crippen LogP contribution in [0.4, 0.5) is 0 Å². The van der Waals surface area contributed by atoms with Crippen LogP contribution in [-0.4, -0.2) is 16.8 Å². The van der Waals surface area contributed by atoms with Gasteiger partial charge < -0.3 is 5.32 Å². The molecule has 0 aromatic carbocycles. The Morgan fingerprint density at radius 3 is 3.07 bits per heavy atom. The van der Waals surface area contributed by atoms with E-state index in [1.165, 1.54) is 0 Å². The summed E-state index contributed by atoms with van der Waals surface area (Å²) >= 11 is 7.07. The Bertz CT molecular complexity index is 301. The smallest absolute Gasteiger partial charge is 0.220 e. The van der Waals surface area contributed by atoms with Gasteiger partial charge in [0.2, 0.25) is 5.91 Å². The van der Waals surface area contributed by atoms with Crippen molar-refractivity contribution in [2.24, 2.45) is 0 Å². The van der Waals surface area contributed by atoms with Crippen molar-refractivity contribution in [2.45, 2.75) is 26.3 Å². The van der Waals surface area contributed by atoms with Crippen molar-refractivity contribution < 1.29 is 4.79 Å². The van der Waals surface area contributed by atoms with Crippen LogP contribution in [0.2, 0.25) is 0 Å². The van der Waals surface area contributed by atoms with E-state index >= 15 is 0 Å². The van der Waals surface area contributed by atoms with Crippen molar-refractivity contribution in [3.63, 3.8) is 0 Å². The molecule has 78 valence electrons. The van der Waals surface area contributed by atoms with Crippen molar-refractivity contribution >= 4 is 28.8 Å². The van der Waals surface area contributed by atoms with Crippen LogP contribution >= 0.6 is 22.9 Å². The number of rotatable bonds is 5. The van der Waals surface area contributed by atoms with E-state index in [4.69, 9.17) is 11.6 Å². The largest absolute Gasteiger partial charge is 0.350 e. The fourth-order valence-corrected chi connectivity index (χ4v) is 1.74. The molecule has 0 unspecified atom stereocenters. The Hall–Kier alpha value is -0.610. The highest BCUT2D eigenvalue weighted by atomic mass is 35.5. The van der Waals surface area contributed by atoms with Crippen molar-refractivity contribution in [2.75, 3.05) is 5.88 Å². The predicted octanol–water partition coefficient (Wildman–Crippen LogP) is 2.09. The zero-order valence-electron chi connectivity index (χ0n) is 8.05. The molecule has 1 rings (SSSR count). The molecule has 1 aromatic rings. The second kappa shape index (κ2) is 5.98. The standard InChI is InChI=1S/C9H13ClN2OS/c1-7-12-8(6-14-7)5-11-9(13)3-2-4-10/h6H,2-5H2,1H3,(H,11,13). The van der Waals surface area contributed by atoms with Gasteiger partial charge >= 0.3 is 0 Å². The third kappa shape index (κ3) is 4.07. The zero-order chi connectivity index (χ0) is 10.4. The summed E-state index contributed by atoms with van der Waals surface area (Å²) < 4.78 is 0. The number of hydrogen-bond acceptors (Lipinski definition) is 3. The Balaban J connectivity index is 2.23. The normalized spacial score (nSPS) is 10.1. The maximum Gasteiger partial charge on any atom is 0.220 e. The average molecular weight is 233 g/mol. The van der Waals surface area contributed by atoms with Gasteiger partial charge in [0, 0.05) is 17.7 Å². The van der Waals surface area contributed by atoms with Gasteiger partial charge in [-0.25, -0.2) is 4.98 Å². The van der Waals surface area contributed by atoms with Gasteiger partial charge in [0.05, 0.1) is 17.2 Å². The van der Waals surface area contributed by atoms with E-state index in [0.717, 1.165) is 17.1 Å². The topological polar surface area (TPSA) is 42.0 Å². The van der Waals surface area contributed by atoms with E-state index < -0.39 is 0 Å². The Morgan fingerprint density at radius 1 is 1.71 bits per heavy atom. The summed E-state index contributed by atoms with van der Waals surface area (Å²) in [5, 5.41) is 5.77. The van der Waals surface area contributed by atoms with Crippen molar-refractivity contribution in [3.05, 3.63) is 16.1 Å². The molecular formula is C9H13ClN2OS. The quantitative estimate of drug-likeness (QED) is 0.790. The van der Waals surface area contributed by atoms with Crippen LogP contribution in [0.3, 0.4) is 0 Å². The first-order valence-electron chi connectivity index (χ1n) is 4.46. The van der Waals surface area contributed by atoms with Crippen LogP contribution in [0.25, 0.3) is 0 Å². The lowest BCUT2D eigenvalue weighted by atomic mass is 10.3. The number of carbonyl (C=O) groups excluding carboxylic acids is 1. The molecule has 3 nitrogen and oxygen atoms in total. The molecule has 1 amide bonds. The highest BCUT2D eigenvalue weighted by Gasteiger charge is 2.02. The monoisotopic (exact) mass is 232 g/mol. The van der Waals surface area contributed by atoms with E-state index in [1.54, 1.807) is 11.3 Å². The maximum absolute atomic E-state index is 11.2. The van der Waals surface area contributed by atoms with Crippen LogP contribution < -0.4 is 5.32 Å². The highest BCUT2D eigenvalue weighted by Crippen LogP contribution is 2.07. The lowest BCUT2D eigenvalue weighted by molar-refractivity contribution is -0.121. The lowest BCUT2D eigenvalue weighted by Gasteiger charge is -2.01. The number of nitrogens with one attached hydrogen (secondary N) is 1. The summed E-state index contributed by atoms with van der Waals surface area (Å²) in [6.07, 6.45) is 1.22. The number of hydrogen-bond donors (Lipinski definition) is 1. The van der Waals surface area contributed by atoms with Gasteiger partial charge in [-0.2, -0.15) is 0 Å². The summed E-state index contributed by atoms with van der Waals surface area (Å²) in [6, 6.07) is 0. The number of alkyl halides is 1.